The number of ether oxygens (including phenoxy) is 1. The molecule has 314 valence electrons. The van der Waals surface area contributed by atoms with Crippen LogP contribution in [-0.2, 0) is 4.74 Å². The van der Waals surface area contributed by atoms with Crippen molar-refractivity contribution >= 4 is 54.0 Å². The number of esters is 1. The number of methoxy groups -OCH3 is 1. The van der Waals surface area contributed by atoms with Gasteiger partial charge in [0.15, 0.2) is 6.29 Å². The summed E-state index contributed by atoms with van der Waals surface area (Å²) in [6, 6.07) is 45.9. The second-order valence-electron chi connectivity index (χ2n) is 13.4. The lowest BCUT2D eigenvalue weighted by molar-refractivity contribution is 0.0600. The number of hydrogen-bond donors (Lipinski definition) is 0. The highest BCUT2D eigenvalue weighted by Crippen LogP contribution is 2.19. The predicted molar refractivity (Wildman–Crippen MR) is 247 cm³/mol. The van der Waals surface area contributed by atoms with Crippen molar-refractivity contribution in [2.75, 3.05) is 26.1 Å². The molecule has 5 aromatic carbocycles. The molecule has 0 N–H and O–H groups in total. The highest BCUT2D eigenvalue weighted by atomic mass is 16.5. The van der Waals surface area contributed by atoms with Gasteiger partial charge in [-0.3, -0.25) is 38.9 Å². The Bertz CT molecular complexity index is 2670. The molecular weight excluding hydrogens is 793 g/mol. The summed E-state index contributed by atoms with van der Waals surface area (Å²) in [6.07, 6.45) is 12.7. The molecule has 0 aliphatic carbocycles. The molecule has 0 aliphatic heterocycles. The lowest BCUT2D eigenvalue weighted by Gasteiger charge is -2.11. The van der Waals surface area contributed by atoms with E-state index in [0.29, 0.717) is 27.8 Å². The zero-order valence-corrected chi connectivity index (χ0v) is 34.9. The highest BCUT2D eigenvalue weighted by molar-refractivity contribution is 5.90. The summed E-state index contributed by atoms with van der Waals surface area (Å²) in [5.41, 5.74) is 9.99. The summed E-state index contributed by atoms with van der Waals surface area (Å²) >= 11 is 0. The average Bonchev–Trinajstić information content (AvgIpc) is 3.37. The van der Waals surface area contributed by atoms with Gasteiger partial charge in [-0.25, -0.2) is 4.79 Å². The molecule has 3 heterocycles. The maximum Gasteiger partial charge on any atom is 0.337 e. The molecule has 0 amide bonds. The molecule has 11 heteroatoms. The van der Waals surface area contributed by atoms with Crippen molar-refractivity contribution in [3.63, 3.8) is 0 Å². The van der Waals surface area contributed by atoms with Crippen LogP contribution in [-0.4, -0.2) is 73.6 Å². The van der Waals surface area contributed by atoms with E-state index < -0.39 is 5.97 Å². The SMILES string of the molecule is CN(C)c1ccc(C=O)cc1.COC(=O)c1ccc(C=O)cc1.O=Cc1ccc(-c2cccnc2)cc1.O=Cc1cccc(-c2ccncc2)c1.O=Cc1cnc2ccccc2c1. The molecule has 0 radical (unpaired) electrons. The number of para-hydroxylation sites is 1. The molecule has 0 saturated heterocycles. The van der Waals surface area contributed by atoms with Crippen molar-refractivity contribution in [3.05, 3.63) is 216 Å². The molecule has 63 heavy (non-hydrogen) atoms. The maximum absolute atomic E-state index is 10.9. The van der Waals surface area contributed by atoms with Crippen LogP contribution in [0.25, 0.3) is 33.2 Å². The number of pyridine rings is 3. The molecule has 0 unspecified atom stereocenters. The molecule has 0 saturated carbocycles. The van der Waals surface area contributed by atoms with E-state index in [2.05, 4.69) is 19.7 Å². The van der Waals surface area contributed by atoms with Crippen molar-refractivity contribution in [2.45, 2.75) is 0 Å². The fraction of sp³-hybridized carbons (Fsp3) is 0.0577. The van der Waals surface area contributed by atoms with Gasteiger partial charge in [-0.2, -0.15) is 0 Å². The number of carbonyl (C=O) groups is 6. The Hall–Kier alpha value is -8.57. The highest BCUT2D eigenvalue weighted by Gasteiger charge is 2.03. The lowest BCUT2D eigenvalue weighted by Crippen LogP contribution is -2.08. The van der Waals surface area contributed by atoms with Crippen LogP contribution >= 0.6 is 0 Å². The topological polar surface area (TPSA) is 154 Å². The van der Waals surface area contributed by atoms with E-state index in [-0.39, 0.29) is 0 Å². The number of fused-ring (bicyclic) bond motifs is 1. The van der Waals surface area contributed by atoms with Gasteiger partial charge in [0.05, 0.1) is 18.2 Å². The summed E-state index contributed by atoms with van der Waals surface area (Å²) in [6.45, 7) is 0. The van der Waals surface area contributed by atoms with Crippen LogP contribution in [0.4, 0.5) is 5.69 Å². The summed E-state index contributed by atoms with van der Waals surface area (Å²) in [5.74, 6) is -0.396. The minimum Gasteiger partial charge on any atom is -0.465 e. The summed E-state index contributed by atoms with van der Waals surface area (Å²) < 4.78 is 4.48. The molecule has 0 aliphatic rings. The zero-order chi connectivity index (χ0) is 45.2. The molecule has 8 rings (SSSR count). The second-order valence-corrected chi connectivity index (χ2v) is 13.4. The van der Waals surface area contributed by atoms with Crippen molar-refractivity contribution < 1.29 is 33.5 Å². The molecule has 0 atom stereocenters. The third kappa shape index (κ3) is 15.5. The van der Waals surface area contributed by atoms with E-state index >= 15 is 0 Å². The van der Waals surface area contributed by atoms with Crippen molar-refractivity contribution in [1.82, 2.24) is 15.0 Å². The zero-order valence-electron chi connectivity index (χ0n) is 34.9. The minimum atomic E-state index is -0.396. The molecular formula is C52H44N4O7. The van der Waals surface area contributed by atoms with Gasteiger partial charge in [0.2, 0.25) is 0 Å². The lowest BCUT2D eigenvalue weighted by atomic mass is 10.1. The van der Waals surface area contributed by atoms with Crippen LogP contribution in [0.1, 0.15) is 62.1 Å². The Balaban J connectivity index is 0.000000173. The largest absolute Gasteiger partial charge is 0.465 e. The fourth-order valence-corrected chi connectivity index (χ4v) is 5.44. The maximum atomic E-state index is 10.9. The van der Waals surface area contributed by atoms with E-state index in [4.69, 9.17) is 0 Å². The van der Waals surface area contributed by atoms with Crippen LogP contribution in [0, 0.1) is 0 Å². The summed E-state index contributed by atoms with van der Waals surface area (Å²) in [7, 11) is 5.25. The normalized spacial score (nSPS) is 9.57. The number of carbonyl (C=O) groups excluding carboxylic acids is 6. The van der Waals surface area contributed by atoms with E-state index in [1.54, 1.807) is 73.4 Å². The van der Waals surface area contributed by atoms with Crippen molar-refractivity contribution in [2.24, 2.45) is 0 Å². The second kappa shape index (κ2) is 25.8. The van der Waals surface area contributed by atoms with Crippen molar-refractivity contribution in [3.8, 4) is 22.3 Å². The number of benzene rings is 5. The smallest absolute Gasteiger partial charge is 0.337 e. The van der Waals surface area contributed by atoms with Crippen LogP contribution in [0.3, 0.4) is 0 Å². The number of aromatic nitrogens is 3. The van der Waals surface area contributed by atoms with E-state index in [1.807, 2.05) is 128 Å². The first kappa shape index (κ1) is 47.1. The Kier molecular flexibility index (Phi) is 19.3. The third-order valence-electron chi connectivity index (χ3n) is 8.84. The van der Waals surface area contributed by atoms with E-state index in [1.165, 1.54) is 7.11 Å². The van der Waals surface area contributed by atoms with Gasteiger partial charge in [0.25, 0.3) is 0 Å². The number of anilines is 1. The van der Waals surface area contributed by atoms with Gasteiger partial charge in [-0.1, -0.05) is 78.9 Å². The predicted octanol–water partition coefficient (Wildman–Crippen LogP) is 10.0. The summed E-state index contributed by atoms with van der Waals surface area (Å²) in [5, 5.41) is 1.00. The van der Waals surface area contributed by atoms with Gasteiger partial charge in [-0.05, 0) is 95.1 Å². The Morgan fingerprint density at radius 3 is 1.59 bits per heavy atom. The first-order valence-corrected chi connectivity index (χ1v) is 19.3. The monoisotopic (exact) mass is 836 g/mol. The Labute approximate surface area is 365 Å². The number of rotatable bonds is 9. The van der Waals surface area contributed by atoms with E-state index in [9.17, 15) is 28.8 Å². The van der Waals surface area contributed by atoms with Gasteiger partial charge in [-0.15, -0.1) is 0 Å². The van der Waals surface area contributed by atoms with Gasteiger partial charge in [0.1, 0.15) is 25.1 Å². The van der Waals surface area contributed by atoms with Crippen LogP contribution < -0.4 is 4.90 Å². The molecule has 0 spiro atoms. The Morgan fingerprint density at radius 1 is 0.476 bits per heavy atom. The third-order valence-corrected chi connectivity index (χ3v) is 8.84. The quantitative estimate of drug-likeness (QED) is 0.101. The number of hydrogen-bond acceptors (Lipinski definition) is 11. The average molecular weight is 837 g/mol. The van der Waals surface area contributed by atoms with Crippen molar-refractivity contribution in [1.29, 1.82) is 0 Å². The number of nitrogens with zero attached hydrogens (tertiary/aromatic N) is 4. The van der Waals surface area contributed by atoms with Crippen LogP contribution in [0.15, 0.2) is 183 Å². The minimum absolute atomic E-state index is 0.396. The molecule has 0 fully saturated rings. The van der Waals surface area contributed by atoms with Crippen LogP contribution in [0.2, 0.25) is 0 Å². The van der Waals surface area contributed by atoms with Crippen LogP contribution in [0.5, 0.6) is 0 Å². The standard InChI is InChI=1S/2C12H9NO.C10H7NO.C9H11NO.C9H8O3/c14-9-10-3-5-11(6-4-10)12-2-1-7-13-8-12;14-9-10-2-1-3-12(8-10)11-4-6-13-7-5-11;12-7-8-5-9-3-1-2-4-10(9)11-6-8;1-10(2)9-5-3-8(7-11)4-6-9;1-12-9(11)8-4-2-7(6-10)3-5-8/h2*1-9H;1-7H;3-7H,1-2H3;2-6H,1H3. The number of aldehydes is 5. The molecule has 11 nitrogen and oxygen atoms in total. The molecule has 3 aromatic heterocycles. The van der Waals surface area contributed by atoms with Gasteiger partial charge >= 0.3 is 5.97 Å². The fourth-order valence-electron chi connectivity index (χ4n) is 5.44. The molecule has 0 bridgehead atoms. The van der Waals surface area contributed by atoms with Gasteiger partial charge < -0.3 is 9.64 Å². The van der Waals surface area contributed by atoms with Gasteiger partial charge in [0, 0.05) is 84.0 Å². The first-order chi connectivity index (χ1) is 30.7. The first-order valence-electron chi connectivity index (χ1n) is 19.3. The van der Waals surface area contributed by atoms with E-state index in [0.717, 1.165) is 75.8 Å². The molecule has 8 aromatic rings. The summed E-state index contributed by atoms with van der Waals surface area (Å²) in [4.78, 5) is 76.9. The Morgan fingerprint density at radius 2 is 1.03 bits per heavy atom.